The fraction of sp³-hybridized carbons (Fsp3) is 0.792. The SMILES string of the molecule is C/C1=C/C[C@@H]2C(=CC(=O)C2C(C)OS(C)(=O)=O)C[C@@H]2[C@@H](O[Si](C)(C)C(C)(C)C)CC[C@H]12. The Balaban J connectivity index is 1.87. The van der Waals surface area contributed by atoms with Crippen molar-refractivity contribution in [3.8, 4) is 0 Å². The third kappa shape index (κ3) is 5.26. The molecule has 31 heavy (non-hydrogen) atoms. The van der Waals surface area contributed by atoms with Crippen molar-refractivity contribution in [3.05, 3.63) is 23.3 Å². The van der Waals surface area contributed by atoms with Gasteiger partial charge in [-0.3, -0.25) is 8.98 Å². The van der Waals surface area contributed by atoms with E-state index in [1.807, 2.05) is 0 Å². The lowest BCUT2D eigenvalue weighted by molar-refractivity contribution is -0.120. The molecule has 6 atom stereocenters. The van der Waals surface area contributed by atoms with Gasteiger partial charge in [0.05, 0.1) is 18.3 Å². The summed E-state index contributed by atoms with van der Waals surface area (Å²) in [7, 11) is -5.51. The van der Waals surface area contributed by atoms with Gasteiger partial charge in [0.15, 0.2) is 14.1 Å². The van der Waals surface area contributed by atoms with Gasteiger partial charge in [0.2, 0.25) is 0 Å². The van der Waals surface area contributed by atoms with E-state index in [9.17, 15) is 13.2 Å². The van der Waals surface area contributed by atoms with Gasteiger partial charge in [-0.1, -0.05) is 38.0 Å². The second kappa shape index (κ2) is 8.54. The van der Waals surface area contributed by atoms with Crippen molar-refractivity contribution in [2.24, 2.45) is 23.7 Å². The Morgan fingerprint density at radius 1 is 1.16 bits per heavy atom. The highest BCUT2D eigenvalue weighted by Gasteiger charge is 2.48. The first-order chi connectivity index (χ1) is 14.1. The van der Waals surface area contributed by atoms with Crippen LogP contribution in [0.4, 0.5) is 0 Å². The van der Waals surface area contributed by atoms with E-state index in [0.717, 1.165) is 37.5 Å². The van der Waals surface area contributed by atoms with Gasteiger partial charge in [0.25, 0.3) is 10.1 Å². The second-order valence-corrected chi connectivity index (χ2v) is 17.8. The molecule has 0 heterocycles. The van der Waals surface area contributed by atoms with Crippen LogP contribution in [0.3, 0.4) is 0 Å². The Kier molecular flexibility index (Phi) is 6.85. The molecule has 0 aromatic heterocycles. The van der Waals surface area contributed by atoms with E-state index < -0.39 is 30.5 Å². The highest BCUT2D eigenvalue weighted by molar-refractivity contribution is 7.86. The molecule has 2 unspecified atom stereocenters. The highest BCUT2D eigenvalue weighted by atomic mass is 32.2. The molecular formula is C24H40O5SSi. The average molecular weight is 469 g/mol. The summed E-state index contributed by atoms with van der Waals surface area (Å²) in [5.41, 5.74) is 2.54. The summed E-state index contributed by atoms with van der Waals surface area (Å²) in [6.45, 7) is 15.4. The lowest BCUT2D eigenvalue weighted by Crippen LogP contribution is -2.45. The van der Waals surface area contributed by atoms with Gasteiger partial charge in [-0.25, -0.2) is 0 Å². The standard InChI is InChI=1S/C24H40O5SSi/c1-15-9-10-19-17(14-21(25)23(19)16(2)28-30(6,26)27)13-20-18(15)11-12-22(20)29-31(7,8)24(3,4)5/h9,14,16,18-20,22-23H,10-13H2,1-8H3/b15-9-/t16?,18-,19-,20+,22+,23?/m1/s1. The number of ketones is 1. The first-order valence-corrected chi connectivity index (χ1v) is 16.3. The molecule has 0 spiro atoms. The van der Waals surface area contributed by atoms with E-state index >= 15 is 0 Å². The second-order valence-electron chi connectivity index (χ2n) is 11.4. The lowest BCUT2D eigenvalue weighted by atomic mass is 9.75. The monoisotopic (exact) mass is 468 g/mol. The van der Waals surface area contributed by atoms with Crippen molar-refractivity contribution >= 4 is 24.2 Å². The number of rotatable bonds is 5. The topological polar surface area (TPSA) is 69.7 Å². The molecular weight excluding hydrogens is 428 g/mol. The van der Waals surface area contributed by atoms with Crippen LogP contribution in [0.15, 0.2) is 23.3 Å². The molecule has 5 nitrogen and oxygen atoms in total. The van der Waals surface area contributed by atoms with Gasteiger partial charge in [0, 0.05) is 6.10 Å². The van der Waals surface area contributed by atoms with Gasteiger partial charge in [-0.05, 0) is 81.5 Å². The van der Waals surface area contributed by atoms with E-state index in [-0.39, 0.29) is 22.8 Å². The minimum atomic E-state index is -3.61. The molecule has 0 saturated heterocycles. The summed E-state index contributed by atoms with van der Waals surface area (Å²) in [6, 6.07) is 0. The van der Waals surface area contributed by atoms with Crippen LogP contribution in [-0.2, 0) is 23.5 Å². The maximum Gasteiger partial charge on any atom is 0.264 e. The third-order valence-electron chi connectivity index (χ3n) is 8.16. The number of carbonyl (C=O) groups is 1. The molecule has 0 bridgehead atoms. The molecule has 0 aromatic rings. The first-order valence-electron chi connectivity index (χ1n) is 11.6. The zero-order valence-corrected chi connectivity index (χ0v) is 22.2. The molecule has 0 N–H and O–H groups in total. The largest absolute Gasteiger partial charge is 0.414 e. The van der Waals surface area contributed by atoms with Crippen molar-refractivity contribution < 1.29 is 21.8 Å². The highest BCUT2D eigenvalue weighted by Crippen LogP contribution is 2.50. The van der Waals surface area contributed by atoms with Crippen LogP contribution in [0.2, 0.25) is 18.1 Å². The fourth-order valence-electron chi connectivity index (χ4n) is 5.53. The smallest absolute Gasteiger partial charge is 0.264 e. The van der Waals surface area contributed by atoms with Crippen molar-refractivity contribution in [1.82, 2.24) is 0 Å². The molecule has 1 fully saturated rings. The zero-order valence-electron chi connectivity index (χ0n) is 20.4. The molecule has 0 radical (unpaired) electrons. The molecule has 3 aliphatic carbocycles. The summed E-state index contributed by atoms with van der Waals surface area (Å²) in [5.74, 6) is 0.439. The van der Waals surface area contributed by atoms with Crippen molar-refractivity contribution in [2.45, 2.75) is 90.6 Å². The summed E-state index contributed by atoms with van der Waals surface area (Å²) < 4.78 is 35.5. The predicted octanol–water partition coefficient (Wildman–Crippen LogP) is 5.25. The lowest BCUT2D eigenvalue weighted by Gasteiger charge is -2.41. The fourth-order valence-corrected chi connectivity index (χ4v) is 7.60. The zero-order chi connectivity index (χ0) is 23.4. The third-order valence-corrected chi connectivity index (χ3v) is 13.3. The van der Waals surface area contributed by atoms with Crippen molar-refractivity contribution in [1.29, 1.82) is 0 Å². The van der Waals surface area contributed by atoms with E-state index in [2.05, 4.69) is 46.9 Å². The molecule has 0 aromatic carbocycles. The van der Waals surface area contributed by atoms with E-state index in [4.69, 9.17) is 8.61 Å². The normalized spacial score (nSPS) is 34.8. The molecule has 1 saturated carbocycles. The Morgan fingerprint density at radius 2 is 1.81 bits per heavy atom. The number of fused-ring (bicyclic) bond motifs is 2. The number of hydrogen-bond acceptors (Lipinski definition) is 5. The Hall–Kier alpha value is -0.763. The molecule has 3 rings (SSSR count). The summed E-state index contributed by atoms with van der Waals surface area (Å²) in [6.07, 6.45) is 8.49. The molecule has 3 aliphatic rings. The number of allylic oxidation sites excluding steroid dienone is 4. The number of hydrogen-bond donors (Lipinski definition) is 0. The van der Waals surface area contributed by atoms with Crippen LogP contribution < -0.4 is 0 Å². The van der Waals surface area contributed by atoms with Crippen LogP contribution in [0.5, 0.6) is 0 Å². The van der Waals surface area contributed by atoms with Crippen LogP contribution in [-0.4, -0.2) is 41.0 Å². The average Bonchev–Trinajstić information content (AvgIpc) is 3.09. The van der Waals surface area contributed by atoms with Gasteiger partial charge in [0.1, 0.15) is 0 Å². The van der Waals surface area contributed by atoms with E-state index in [1.54, 1.807) is 13.0 Å². The Labute approximate surface area is 189 Å². The van der Waals surface area contributed by atoms with Gasteiger partial charge in [-0.15, -0.1) is 0 Å². The first kappa shape index (κ1) is 24.9. The summed E-state index contributed by atoms with van der Waals surface area (Å²) in [4.78, 5) is 12.9. The van der Waals surface area contributed by atoms with Crippen LogP contribution in [0.1, 0.15) is 60.3 Å². The minimum Gasteiger partial charge on any atom is -0.414 e. The van der Waals surface area contributed by atoms with Crippen molar-refractivity contribution in [2.75, 3.05) is 6.26 Å². The summed E-state index contributed by atoms with van der Waals surface area (Å²) in [5, 5.41) is 0.159. The quantitative estimate of drug-likeness (QED) is 0.313. The summed E-state index contributed by atoms with van der Waals surface area (Å²) >= 11 is 0. The van der Waals surface area contributed by atoms with Gasteiger partial charge >= 0.3 is 0 Å². The molecule has 0 amide bonds. The minimum absolute atomic E-state index is 0.000477. The molecule has 7 heteroatoms. The van der Waals surface area contributed by atoms with Crippen molar-refractivity contribution in [3.63, 3.8) is 0 Å². The van der Waals surface area contributed by atoms with Crippen LogP contribution >= 0.6 is 0 Å². The predicted molar refractivity (Wildman–Crippen MR) is 127 cm³/mol. The van der Waals surface area contributed by atoms with E-state index in [0.29, 0.717) is 11.8 Å². The Morgan fingerprint density at radius 3 is 2.39 bits per heavy atom. The van der Waals surface area contributed by atoms with Crippen LogP contribution in [0.25, 0.3) is 0 Å². The van der Waals surface area contributed by atoms with Crippen LogP contribution in [0, 0.1) is 23.7 Å². The Bertz CT molecular complexity index is 880. The molecule has 176 valence electrons. The van der Waals surface area contributed by atoms with Gasteiger partial charge in [-0.2, -0.15) is 8.42 Å². The molecule has 0 aliphatic heterocycles. The maximum atomic E-state index is 12.9. The number of carbonyl (C=O) groups excluding carboxylic acids is 1. The maximum absolute atomic E-state index is 12.9. The van der Waals surface area contributed by atoms with Gasteiger partial charge < -0.3 is 4.43 Å². The van der Waals surface area contributed by atoms with E-state index in [1.165, 1.54) is 5.57 Å².